The fourth-order valence-electron chi connectivity index (χ4n) is 3.09. The molecular formula is C18H25N3O2. The quantitative estimate of drug-likeness (QED) is 0.865. The molecule has 1 saturated carbocycles. The summed E-state index contributed by atoms with van der Waals surface area (Å²) in [4.78, 5) is 29.6. The van der Waals surface area contributed by atoms with Gasteiger partial charge in [-0.2, -0.15) is 0 Å². The third kappa shape index (κ3) is 3.11. The number of anilines is 1. The van der Waals surface area contributed by atoms with Gasteiger partial charge in [0.2, 0.25) is 11.8 Å². The van der Waals surface area contributed by atoms with E-state index in [-0.39, 0.29) is 11.8 Å². The Morgan fingerprint density at radius 1 is 1.09 bits per heavy atom. The summed E-state index contributed by atoms with van der Waals surface area (Å²) in [5, 5.41) is 2.99. The molecule has 2 aliphatic rings. The monoisotopic (exact) mass is 315 g/mol. The van der Waals surface area contributed by atoms with E-state index < -0.39 is 5.41 Å². The molecule has 0 unspecified atom stereocenters. The Hall–Kier alpha value is -1.88. The molecule has 5 heteroatoms. The molecule has 0 bridgehead atoms. The van der Waals surface area contributed by atoms with Gasteiger partial charge in [0, 0.05) is 31.9 Å². The number of likely N-dealkylation sites (N-methyl/N-ethyl adjacent to an activating group) is 1. The largest absolute Gasteiger partial charge is 0.339 e. The van der Waals surface area contributed by atoms with Gasteiger partial charge in [0.15, 0.2) is 0 Å². The van der Waals surface area contributed by atoms with Gasteiger partial charge in [0.05, 0.1) is 0 Å². The summed E-state index contributed by atoms with van der Waals surface area (Å²) in [5.41, 5.74) is 2.10. The molecule has 2 fully saturated rings. The Bertz CT molecular complexity index is 629. The third-order valence-corrected chi connectivity index (χ3v) is 5.03. The number of nitrogens with zero attached hydrogens (tertiary/aromatic N) is 2. The molecule has 1 aliphatic carbocycles. The van der Waals surface area contributed by atoms with Crippen molar-refractivity contribution < 1.29 is 9.59 Å². The maximum atomic E-state index is 12.8. The van der Waals surface area contributed by atoms with E-state index in [9.17, 15) is 9.59 Å². The van der Waals surface area contributed by atoms with Gasteiger partial charge in [-0.1, -0.05) is 12.1 Å². The molecule has 5 nitrogen and oxygen atoms in total. The molecule has 1 saturated heterocycles. The highest BCUT2D eigenvalue weighted by Gasteiger charge is 2.58. The Kier molecular flexibility index (Phi) is 4.15. The number of rotatable bonds is 3. The summed E-state index contributed by atoms with van der Waals surface area (Å²) in [6, 6.07) is 5.98. The van der Waals surface area contributed by atoms with Crippen LogP contribution in [0.15, 0.2) is 18.2 Å². The second kappa shape index (κ2) is 5.96. The lowest BCUT2D eigenvalue weighted by molar-refractivity contribution is -0.143. The molecule has 1 aromatic rings. The number of benzene rings is 1. The highest BCUT2D eigenvalue weighted by Crippen LogP contribution is 2.48. The van der Waals surface area contributed by atoms with Gasteiger partial charge in [-0.15, -0.1) is 0 Å². The highest BCUT2D eigenvalue weighted by atomic mass is 16.2. The average Bonchev–Trinajstić information content (AvgIpc) is 3.33. The summed E-state index contributed by atoms with van der Waals surface area (Å²) >= 11 is 0. The minimum Gasteiger partial charge on any atom is -0.339 e. The second-order valence-corrected chi connectivity index (χ2v) is 6.95. The van der Waals surface area contributed by atoms with Crippen molar-refractivity contribution in [3.63, 3.8) is 0 Å². The molecule has 1 heterocycles. The van der Waals surface area contributed by atoms with Crippen LogP contribution >= 0.6 is 0 Å². The summed E-state index contributed by atoms with van der Waals surface area (Å²) in [7, 11) is 2.06. The minimum absolute atomic E-state index is 0.00778. The molecule has 0 aromatic heterocycles. The van der Waals surface area contributed by atoms with Gasteiger partial charge in [0.25, 0.3) is 0 Å². The number of carbonyl (C=O) groups excluding carboxylic acids is 2. The molecular weight excluding hydrogens is 290 g/mol. The van der Waals surface area contributed by atoms with Crippen molar-refractivity contribution in [1.82, 2.24) is 9.80 Å². The Morgan fingerprint density at radius 2 is 1.74 bits per heavy atom. The first kappa shape index (κ1) is 16.0. The molecule has 1 aliphatic heterocycles. The van der Waals surface area contributed by atoms with Crippen molar-refractivity contribution in [3.05, 3.63) is 29.3 Å². The minimum atomic E-state index is -0.827. The normalized spacial score (nSPS) is 20.2. The number of hydrogen-bond donors (Lipinski definition) is 1. The molecule has 124 valence electrons. The lowest BCUT2D eigenvalue weighted by atomic mass is 10.0. The van der Waals surface area contributed by atoms with Crippen LogP contribution in [0.4, 0.5) is 5.69 Å². The zero-order chi connectivity index (χ0) is 16.6. The van der Waals surface area contributed by atoms with Gasteiger partial charge >= 0.3 is 0 Å². The SMILES string of the molecule is Cc1ccc(C)c(NC(=O)C2(C(=O)N3CCN(C)CC3)CC2)c1. The summed E-state index contributed by atoms with van der Waals surface area (Å²) in [6.45, 7) is 7.15. The van der Waals surface area contributed by atoms with E-state index in [4.69, 9.17) is 0 Å². The second-order valence-electron chi connectivity index (χ2n) is 6.95. The Balaban J connectivity index is 1.71. The summed E-state index contributed by atoms with van der Waals surface area (Å²) < 4.78 is 0. The topological polar surface area (TPSA) is 52.7 Å². The van der Waals surface area contributed by atoms with Crippen LogP contribution in [0.3, 0.4) is 0 Å². The predicted molar refractivity (Wildman–Crippen MR) is 90.3 cm³/mol. The van der Waals surface area contributed by atoms with Crippen LogP contribution in [0.25, 0.3) is 0 Å². The van der Waals surface area contributed by atoms with Crippen molar-refractivity contribution in [1.29, 1.82) is 0 Å². The number of piperazine rings is 1. The lowest BCUT2D eigenvalue weighted by Crippen LogP contribution is -2.51. The number of aryl methyl sites for hydroxylation is 2. The number of hydrogen-bond acceptors (Lipinski definition) is 3. The average molecular weight is 315 g/mol. The fraction of sp³-hybridized carbons (Fsp3) is 0.556. The van der Waals surface area contributed by atoms with Gasteiger partial charge in [-0.05, 0) is 50.9 Å². The van der Waals surface area contributed by atoms with Crippen LogP contribution in [0, 0.1) is 19.3 Å². The van der Waals surface area contributed by atoms with Crippen molar-refractivity contribution in [3.8, 4) is 0 Å². The van der Waals surface area contributed by atoms with Crippen LogP contribution in [0.1, 0.15) is 24.0 Å². The van der Waals surface area contributed by atoms with E-state index in [0.717, 1.165) is 29.9 Å². The van der Waals surface area contributed by atoms with Crippen LogP contribution < -0.4 is 5.32 Å². The van der Waals surface area contributed by atoms with Crippen LogP contribution in [0.5, 0.6) is 0 Å². The molecule has 3 rings (SSSR count). The van der Waals surface area contributed by atoms with Crippen molar-refractivity contribution in [2.75, 3.05) is 38.5 Å². The lowest BCUT2D eigenvalue weighted by Gasteiger charge is -2.34. The van der Waals surface area contributed by atoms with Crippen LogP contribution in [-0.4, -0.2) is 54.8 Å². The summed E-state index contributed by atoms with van der Waals surface area (Å²) in [5.74, 6) is -0.136. The molecule has 2 amide bonds. The Morgan fingerprint density at radius 3 is 2.35 bits per heavy atom. The van der Waals surface area contributed by atoms with Crippen LogP contribution in [-0.2, 0) is 9.59 Å². The van der Waals surface area contributed by atoms with Crippen molar-refractivity contribution >= 4 is 17.5 Å². The smallest absolute Gasteiger partial charge is 0.240 e. The van der Waals surface area contributed by atoms with Crippen molar-refractivity contribution in [2.45, 2.75) is 26.7 Å². The van der Waals surface area contributed by atoms with E-state index >= 15 is 0 Å². The first-order chi connectivity index (χ1) is 10.9. The molecule has 0 radical (unpaired) electrons. The van der Waals surface area contributed by atoms with Gasteiger partial charge in [-0.3, -0.25) is 9.59 Å². The van der Waals surface area contributed by atoms with E-state index in [2.05, 4.69) is 17.3 Å². The van der Waals surface area contributed by atoms with Gasteiger partial charge in [-0.25, -0.2) is 0 Å². The first-order valence-electron chi connectivity index (χ1n) is 8.29. The first-order valence-corrected chi connectivity index (χ1v) is 8.29. The molecule has 23 heavy (non-hydrogen) atoms. The van der Waals surface area contributed by atoms with Crippen molar-refractivity contribution in [2.24, 2.45) is 5.41 Å². The third-order valence-electron chi connectivity index (χ3n) is 5.03. The maximum absolute atomic E-state index is 12.8. The standard InChI is InChI=1S/C18H25N3O2/c1-13-4-5-14(2)15(12-13)19-16(22)18(6-7-18)17(23)21-10-8-20(3)9-11-21/h4-5,12H,6-11H2,1-3H3,(H,19,22). The highest BCUT2D eigenvalue weighted by molar-refractivity contribution is 6.13. The molecule has 0 spiro atoms. The van der Waals surface area contributed by atoms with Gasteiger partial charge < -0.3 is 15.1 Å². The zero-order valence-corrected chi connectivity index (χ0v) is 14.2. The van der Waals surface area contributed by atoms with Gasteiger partial charge in [0.1, 0.15) is 5.41 Å². The van der Waals surface area contributed by atoms with Crippen LogP contribution in [0.2, 0.25) is 0 Å². The fourth-order valence-corrected chi connectivity index (χ4v) is 3.09. The number of nitrogens with one attached hydrogen (secondary N) is 1. The van der Waals surface area contributed by atoms with E-state index in [0.29, 0.717) is 25.9 Å². The maximum Gasteiger partial charge on any atom is 0.240 e. The Labute approximate surface area is 137 Å². The predicted octanol–water partition coefficient (Wildman–Crippen LogP) is 1.80. The molecule has 1 aromatic carbocycles. The number of carbonyl (C=O) groups is 2. The van der Waals surface area contributed by atoms with E-state index in [1.807, 2.05) is 36.9 Å². The molecule has 1 N–H and O–H groups in total. The number of amides is 2. The van der Waals surface area contributed by atoms with E-state index in [1.54, 1.807) is 0 Å². The molecule has 0 atom stereocenters. The van der Waals surface area contributed by atoms with E-state index in [1.165, 1.54) is 0 Å². The summed E-state index contributed by atoms with van der Waals surface area (Å²) in [6.07, 6.45) is 1.32. The zero-order valence-electron chi connectivity index (χ0n) is 14.2.